The summed E-state index contributed by atoms with van der Waals surface area (Å²) in [6.45, 7) is 3.45. The first-order chi connectivity index (χ1) is 10.9. The van der Waals surface area contributed by atoms with Crippen LogP contribution in [-0.2, 0) is 21.2 Å². The Morgan fingerprint density at radius 2 is 1.87 bits per heavy atom. The smallest absolute Gasteiger partial charge is 0.241 e. The number of fused-ring (bicyclic) bond motifs is 1. The first-order valence-electron chi connectivity index (χ1n) is 8.01. The fourth-order valence-electron chi connectivity index (χ4n) is 3.31. The fraction of sp³-hybridized carbons (Fsp3) is 0.562. The summed E-state index contributed by atoms with van der Waals surface area (Å²) in [4.78, 5) is 16.5. The molecule has 126 valence electrons. The molecule has 7 heteroatoms. The minimum Gasteiger partial charge on any atom is -0.311 e. The lowest BCUT2D eigenvalue weighted by Gasteiger charge is -2.24. The number of benzene rings is 1. The van der Waals surface area contributed by atoms with Crippen LogP contribution in [-0.4, -0.2) is 69.1 Å². The van der Waals surface area contributed by atoms with Gasteiger partial charge in [-0.3, -0.25) is 9.69 Å². The quantitative estimate of drug-likeness (QED) is 0.808. The lowest BCUT2D eigenvalue weighted by atomic mass is 10.2. The van der Waals surface area contributed by atoms with E-state index in [1.165, 1.54) is 16.1 Å². The molecular weight excluding hydrogens is 314 g/mol. The molecule has 0 saturated carbocycles. The number of rotatable bonds is 3. The van der Waals surface area contributed by atoms with Gasteiger partial charge in [0.2, 0.25) is 15.9 Å². The molecular formula is C16H23N3O3S. The van der Waals surface area contributed by atoms with Crippen LogP contribution < -0.4 is 4.90 Å². The van der Waals surface area contributed by atoms with Crippen molar-refractivity contribution in [3.05, 3.63) is 29.8 Å². The van der Waals surface area contributed by atoms with Gasteiger partial charge >= 0.3 is 0 Å². The highest BCUT2D eigenvalue weighted by molar-refractivity contribution is 7.88. The van der Waals surface area contributed by atoms with E-state index in [9.17, 15) is 13.2 Å². The van der Waals surface area contributed by atoms with Gasteiger partial charge < -0.3 is 4.90 Å². The molecule has 1 aromatic rings. The molecule has 1 amide bonds. The number of carbonyl (C=O) groups excluding carboxylic acids is 1. The summed E-state index contributed by atoms with van der Waals surface area (Å²) in [5, 5.41) is 0. The van der Waals surface area contributed by atoms with Gasteiger partial charge in [0.25, 0.3) is 0 Å². The zero-order valence-corrected chi connectivity index (χ0v) is 14.3. The van der Waals surface area contributed by atoms with Gasteiger partial charge in [-0.25, -0.2) is 12.7 Å². The number of hydrogen-bond donors (Lipinski definition) is 0. The number of amides is 1. The standard InChI is InChI=1S/C16H23N3O3S/c1-23(21,22)18-9-4-8-17(11-12-18)13-16(20)19-10-7-14-5-2-3-6-15(14)19/h2-3,5-6H,4,7-13H2,1H3. The Balaban J connectivity index is 1.61. The van der Waals surface area contributed by atoms with E-state index in [0.717, 1.165) is 31.6 Å². The normalized spacial score (nSPS) is 20.3. The third-order valence-electron chi connectivity index (χ3n) is 4.56. The average molecular weight is 337 g/mol. The van der Waals surface area contributed by atoms with Gasteiger partial charge in [0.1, 0.15) is 0 Å². The van der Waals surface area contributed by atoms with Gasteiger partial charge in [0.05, 0.1) is 12.8 Å². The van der Waals surface area contributed by atoms with Crippen LogP contribution in [0.15, 0.2) is 24.3 Å². The van der Waals surface area contributed by atoms with Gasteiger partial charge in [0, 0.05) is 31.9 Å². The highest BCUT2D eigenvalue weighted by atomic mass is 32.2. The summed E-state index contributed by atoms with van der Waals surface area (Å²) in [7, 11) is -3.15. The van der Waals surface area contributed by atoms with Crippen LogP contribution in [0.4, 0.5) is 5.69 Å². The van der Waals surface area contributed by atoms with Crippen molar-refractivity contribution in [2.45, 2.75) is 12.8 Å². The molecule has 0 radical (unpaired) electrons. The van der Waals surface area contributed by atoms with Crippen molar-refractivity contribution in [3.63, 3.8) is 0 Å². The van der Waals surface area contributed by atoms with E-state index < -0.39 is 10.0 Å². The third kappa shape index (κ3) is 3.73. The van der Waals surface area contributed by atoms with E-state index in [0.29, 0.717) is 26.2 Å². The fourth-order valence-corrected chi connectivity index (χ4v) is 4.18. The number of para-hydroxylation sites is 1. The first-order valence-corrected chi connectivity index (χ1v) is 9.86. The minimum atomic E-state index is -3.15. The molecule has 1 saturated heterocycles. The molecule has 3 rings (SSSR count). The molecule has 0 spiro atoms. The van der Waals surface area contributed by atoms with Crippen LogP contribution >= 0.6 is 0 Å². The van der Waals surface area contributed by atoms with Gasteiger partial charge in [-0.1, -0.05) is 18.2 Å². The van der Waals surface area contributed by atoms with E-state index in [1.807, 2.05) is 23.1 Å². The molecule has 6 nitrogen and oxygen atoms in total. The molecule has 1 fully saturated rings. The maximum absolute atomic E-state index is 12.6. The van der Waals surface area contributed by atoms with E-state index in [-0.39, 0.29) is 5.91 Å². The van der Waals surface area contributed by atoms with Crippen molar-refractivity contribution >= 4 is 21.6 Å². The summed E-state index contributed by atoms with van der Waals surface area (Å²) in [5.74, 6) is 0.0998. The monoisotopic (exact) mass is 337 g/mol. The molecule has 23 heavy (non-hydrogen) atoms. The zero-order chi connectivity index (χ0) is 16.4. The highest BCUT2D eigenvalue weighted by Crippen LogP contribution is 2.27. The van der Waals surface area contributed by atoms with Crippen molar-refractivity contribution in [1.82, 2.24) is 9.21 Å². The van der Waals surface area contributed by atoms with Crippen molar-refractivity contribution in [2.75, 3.05) is 50.4 Å². The summed E-state index contributed by atoms with van der Waals surface area (Å²) in [6, 6.07) is 8.02. The molecule has 2 aliphatic heterocycles. The Morgan fingerprint density at radius 1 is 1.09 bits per heavy atom. The van der Waals surface area contributed by atoms with Crippen molar-refractivity contribution in [2.24, 2.45) is 0 Å². The summed E-state index contributed by atoms with van der Waals surface area (Å²) in [5.41, 5.74) is 2.24. The Morgan fingerprint density at radius 3 is 2.65 bits per heavy atom. The van der Waals surface area contributed by atoms with E-state index in [1.54, 1.807) is 0 Å². The second-order valence-corrected chi connectivity index (χ2v) is 8.20. The second-order valence-electron chi connectivity index (χ2n) is 6.22. The molecule has 0 aliphatic carbocycles. The van der Waals surface area contributed by atoms with Gasteiger partial charge in [-0.15, -0.1) is 0 Å². The summed E-state index contributed by atoms with van der Waals surface area (Å²) in [6.07, 6.45) is 2.91. The average Bonchev–Trinajstić information content (AvgIpc) is 2.78. The Hall–Kier alpha value is -1.44. The topological polar surface area (TPSA) is 60.9 Å². The van der Waals surface area contributed by atoms with Crippen molar-refractivity contribution < 1.29 is 13.2 Å². The molecule has 0 unspecified atom stereocenters. The van der Waals surface area contributed by atoms with Crippen LogP contribution in [0.1, 0.15) is 12.0 Å². The molecule has 2 heterocycles. The number of sulfonamides is 1. The molecule has 0 bridgehead atoms. The van der Waals surface area contributed by atoms with Crippen molar-refractivity contribution in [1.29, 1.82) is 0 Å². The zero-order valence-electron chi connectivity index (χ0n) is 13.4. The van der Waals surface area contributed by atoms with Crippen LogP contribution in [0.2, 0.25) is 0 Å². The number of anilines is 1. The van der Waals surface area contributed by atoms with E-state index in [4.69, 9.17) is 0 Å². The van der Waals surface area contributed by atoms with Crippen LogP contribution in [0.3, 0.4) is 0 Å². The lowest BCUT2D eigenvalue weighted by molar-refractivity contribution is -0.119. The molecule has 1 aromatic carbocycles. The third-order valence-corrected chi connectivity index (χ3v) is 5.87. The Labute approximate surface area is 137 Å². The molecule has 0 N–H and O–H groups in total. The molecule has 0 atom stereocenters. The van der Waals surface area contributed by atoms with Gasteiger partial charge in [-0.2, -0.15) is 0 Å². The van der Waals surface area contributed by atoms with E-state index >= 15 is 0 Å². The van der Waals surface area contributed by atoms with Crippen LogP contribution in [0, 0.1) is 0 Å². The molecule has 0 aromatic heterocycles. The first kappa shape index (κ1) is 16.4. The molecule has 2 aliphatic rings. The maximum atomic E-state index is 12.6. The Bertz CT molecular complexity index is 690. The van der Waals surface area contributed by atoms with Gasteiger partial charge in [-0.05, 0) is 31.0 Å². The SMILES string of the molecule is CS(=O)(=O)N1CCCN(CC(=O)N2CCc3ccccc32)CC1. The summed E-state index contributed by atoms with van der Waals surface area (Å²) < 4.78 is 24.8. The number of nitrogens with zero attached hydrogens (tertiary/aromatic N) is 3. The predicted molar refractivity (Wildman–Crippen MR) is 90.0 cm³/mol. The van der Waals surface area contributed by atoms with Crippen molar-refractivity contribution in [3.8, 4) is 0 Å². The van der Waals surface area contributed by atoms with Crippen LogP contribution in [0.25, 0.3) is 0 Å². The van der Waals surface area contributed by atoms with Gasteiger partial charge in [0.15, 0.2) is 0 Å². The predicted octanol–water partition coefficient (Wildman–Crippen LogP) is 0.543. The summed E-state index contributed by atoms with van der Waals surface area (Å²) >= 11 is 0. The van der Waals surface area contributed by atoms with Crippen LogP contribution in [0.5, 0.6) is 0 Å². The Kier molecular flexibility index (Phi) is 4.70. The lowest BCUT2D eigenvalue weighted by Crippen LogP contribution is -2.41. The second kappa shape index (κ2) is 6.59. The highest BCUT2D eigenvalue weighted by Gasteiger charge is 2.27. The number of hydrogen-bond acceptors (Lipinski definition) is 4. The maximum Gasteiger partial charge on any atom is 0.241 e. The largest absolute Gasteiger partial charge is 0.311 e. The van der Waals surface area contributed by atoms with E-state index in [2.05, 4.69) is 11.0 Å². The number of carbonyl (C=O) groups is 1. The minimum absolute atomic E-state index is 0.0998.